The van der Waals surface area contributed by atoms with E-state index in [4.69, 9.17) is 5.11 Å². The monoisotopic (exact) mass is 254 g/mol. The van der Waals surface area contributed by atoms with Crippen LogP contribution in [-0.2, 0) is 7.05 Å². The number of aromatic nitrogens is 2. The Balaban J connectivity index is 2.72. The van der Waals surface area contributed by atoms with Gasteiger partial charge in [0.2, 0.25) is 0 Å². The Labute approximate surface area is 99.5 Å². The lowest BCUT2D eigenvalue weighted by Gasteiger charge is -2.07. The van der Waals surface area contributed by atoms with E-state index < -0.39 is 28.7 Å². The number of benzene rings is 1. The Kier molecular flexibility index (Phi) is 2.74. The fourth-order valence-electron chi connectivity index (χ4n) is 1.64. The smallest absolute Gasteiger partial charge is 0.342 e. The summed E-state index contributed by atoms with van der Waals surface area (Å²) in [5.74, 6) is -3.14. The number of hydrogen-bond donors (Lipinski definition) is 1. The Morgan fingerprint density at radius 2 is 2.00 bits per heavy atom. The van der Waals surface area contributed by atoms with Crippen molar-refractivity contribution >= 4 is 5.97 Å². The van der Waals surface area contributed by atoms with Crippen LogP contribution in [0.25, 0.3) is 5.69 Å². The Morgan fingerprint density at radius 3 is 2.50 bits per heavy atom. The van der Waals surface area contributed by atoms with Gasteiger partial charge in [-0.05, 0) is 12.1 Å². The highest BCUT2D eigenvalue weighted by Gasteiger charge is 2.18. The van der Waals surface area contributed by atoms with Crippen LogP contribution in [-0.4, -0.2) is 20.4 Å². The van der Waals surface area contributed by atoms with Crippen LogP contribution >= 0.6 is 0 Å². The Hall–Kier alpha value is -2.44. The van der Waals surface area contributed by atoms with E-state index in [0.29, 0.717) is 6.07 Å². The molecule has 0 saturated heterocycles. The maximum atomic E-state index is 13.5. The molecular weight excluding hydrogens is 246 g/mol. The van der Waals surface area contributed by atoms with E-state index in [2.05, 4.69) is 0 Å². The third kappa shape index (κ3) is 1.79. The van der Waals surface area contributed by atoms with Crippen LogP contribution in [0.15, 0.2) is 29.2 Å². The summed E-state index contributed by atoms with van der Waals surface area (Å²) in [5.41, 5.74) is -1.58. The second-order valence-electron chi connectivity index (χ2n) is 3.63. The van der Waals surface area contributed by atoms with Crippen molar-refractivity contribution < 1.29 is 18.7 Å². The van der Waals surface area contributed by atoms with Crippen LogP contribution in [0.5, 0.6) is 0 Å². The first-order chi connectivity index (χ1) is 8.41. The molecule has 0 bridgehead atoms. The highest BCUT2D eigenvalue weighted by molar-refractivity contribution is 5.87. The lowest BCUT2D eigenvalue weighted by molar-refractivity contribution is 0.0695. The fourth-order valence-corrected chi connectivity index (χ4v) is 1.64. The molecule has 0 atom stereocenters. The molecule has 2 aromatic rings. The van der Waals surface area contributed by atoms with Crippen molar-refractivity contribution in [3.05, 3.63) is 51.9 Å². The molecule has 0 unspecified atom stereocenters. The highest BCUT2D eigenvalue weighted by atomic mass is 19.1. The average Bonchev–Trinajstić information content (AvgIpc) is 2.56. The van der Waals surface area contributed by atoms with Crippen LogP contribution in [0.3, 0.4) is 0 Å². The standard InChI is InChI=1S/C11H8F2N2O3/c1-14-5-7(11(17)18)10(16)15(14)9-3-2-6(12)4-8(9)13/h2-5H,1H3,(H,17,18). The molecule has 1 aromatic carbocycles. The number of hydrogen-bond acceptors (Lipinski definition) is 2. The lowest BCUT2D eigenvalue weighted by Crippen LogP contribution is -2.23. The second kappa shape index (κ2) is 4.10. The number of aromatic carboxylic acids is 1. The Morgan fingerprint density at radius 1 is 1.33 bits per heavy atom. The maximum absolute atomic E-state index is 13.5. The molecule has 0 aliphatic heterocycles. The third-order valence-electron chi connectivity index (χ3n) is 2.42. The first-order valence-corrected chi connectivity index (χ1v) is 4.89. The van der Waals surface area contributed by atoms with Gasteiger partial charge in [0.25, 0.3) is 5.56 Å². The summed E-state index contributed by atoms with van der Waals surface area (Å²) in [7, 11) is 1.39. The quantitative estimate of drug-likeness (QED) is 0.874. The number of aryl methyl sites for hydroxylation is 1. The minimum atomic E-state index is -1.41. The van der Waals surface area contributed by atoms with Crippen molar-refractivity contribution in [1.29, 1.82) is 0 Å². The van der Waals surface area contributed by atoms with Crippen LogP contribution in [0, 0.1) is 11.6 Å². The molecule has 1 heterocycles. The van der Waals surface area contributed by atoms with Crippen LogP contribution in [0.4, 0.5) is 8.78 Å². The molecular formula is C11H8F2N2O3. The Bertz CT molecular complexity index is 688. The van der Waals surface area contributed by atoms with E-state index in [9.17, 15) is 18.4 Å². The minimum Gasteiger partial charge on any atom is -0.477 e. The van der Waals surface area contributed by atoms with Gasteiger partial charge in [-0.1, -0.05) is 0 Å². The first-order valence-electron chi connectivity index (χ1n) is 4.89. The summed E-state index contributed by atoms with van der Waals surface area (Å²) in [6.07, 6.45) is 1.06. The SMILES string of the molecule is Cn1cc(C(=O)O)c(=O)n1-c1ccc(F)cc1F. The van der Waals surface area contributed by atoms with E-state index in [1.165, 1.54) is 7.05 Å². The summed E-state index contributed by atoms with van der Waals surface area (Å²) in [4.78, 5) is 22.5. The van der Waals surface area contributed by atoms with Gasteiger partial charge in [-0.25, -0.2) is 18.3 Å². The van der Waals surface area contributed by atoms with Crippen molar-refractivity contribution in [3.8, 4) is 5.69 Å². The summed E-state index contributed by atoms with van der Waals surface area (Å²) < 4.78 is 28.3. The molecule has 1 aromatic heterocycles. The molecule has 94 valence electrons. The van der Waals surface area contributed by atoms with Crippen molar-refractivity contribution in [2.75, 3.05) is 0 Å². The van der Waals surface area contributed by atoms with E-state index in [0.717, 1.165) is 27.7 Å². The summed E-state index contributed by atoms with van der Waals surface area (Å²) in [5, 5.41) is 8.78. The third-order valence-corrected chi connectivity index (χ3v) is 2.42. The van der Waals surface area contributed by atoms with Gasteiger partial charge in [-0.15, -0.1) is 0 Å². The van der Waals surface area contributed by atoms with Crippen molar-refractivity contribution in [2.45, 2.75) is 0 Å². The summed E-state index contributed by atoms with van der Waals surface area (Å²) >= 11 is 0. The zero-order valence-electron chi connectivity index (χ0n) is 9.22. The predicted octanol–water partition coefficient (Wildman–Crippen LogP) is 1.15. The molecule has 0 spiro atoms. The van der Waals surface area contributed by atoms with Gasteiger partial charge in [0.05, 0.1) is 0 Å². The normalized spacial score (nSPS) is 10.6. The van der Waals surface area contributed by atoms with Crippen LogP contribution in [0.1, 0.15) is 10.4 Å². The van der Waals surface area contributed by atoms with Gasteiger partial charge in [0, 0.05) is 19.3 Å². The van der Waals surface area contributed by atoms with Crippen LogP contribution in [0.2, 0.25) is 0 Å². The molecule has 0 aliphatic rings. The molecule has 5 nitrogen and oxygen atoms in total. The molecule has 0 radical (unpaired) electrons. The zero-order valence-corrected chi connectivity index (χ0v) is 9.22. The average molecular weight is 254 g/mol. The number of rotatable bonds is 2. The van der Waals surface area contributed by atoms with Gasteiger partial charge in [0.15, 0.2) is 5.82 Å². The van der Waals surface area contributed by atoms with Gasteiger partial charge >= 0.3 is 5.97 Å². The number of carboxylic acids is 1. The number of carbonyl (C=O) groups is 1. The van der Waals surface area contributed by atoms with Gasteiger partial charge < -0.3 is 5.11 Å². The molecule has 0 saturated carbocycles. The van der Waals surface area contributed by atoms with Gasteiger partial charge in [0.1, 0.15) is 17.1 Å². The fraction of sp³-hybridized carbons (Fsp3) is 0.0909. The minimum absolute atomic E-state index is 0.212. The largest absolute Gasteiger partial charge is 0.477 e. The lowest BCUT2D eigenvalue weighted by atomic mass is 10.3. The van der Waals surface area contributed by atoms with Crippen molar-refractivity contribution in [2.24, 2.45) is 7.05 Å². The zero-order chi connectivity index (χ0) is 13.4. The maximum Gasteiger partial charge on any atom is 0.342 e. The van der Waals surface area contributed by atoms with Crippen molar-refractivity contribution in [1.82, 2.24) is 9.36 Å². The first kappa shape index (κ1) is 12.0. The molecule has 0 amide bonds. The molecule has 7 heteroatoms. The highest BCUT2D eigenvalue weighted by Crippen LogP contribution is 2.13. The second-order valence-corrected chi connectivity index (χ2v) is 3.63. The van der Waals surface area contributed by atoms with Crippen LogP contribution < -0.4 is 5.56 Å². The molecule has 0 aliphatic carbocycles. The molecule has 2 rings (SSSR count). The van der Waals surface area contributed by atoms with E-state index in [1.54, 1.807) is 0 Å². The molecule has 18 heavy (non-hydrogen) atoms. The van der Waals surface area contributed by atoms with Gasteiger partial charge in [-0.3, -0.25) is 9.48 Å². The topological polar surface area (TPSA) is 64.2 Å². The summed E-state index contributed by atoms with van der Waals surface area (Å²) in [6, 6.07) is 2.67. The molecule has 1 N–H and O–H groups in total. The van der Waals surface area contributed by atoms with E-state index in [1.807, 2.05) is 0 Å². The number of nitrogens with zero attached hydrogens (tertiary/aromatic N) is 2. The van der Waals surface area contributed by atoms with E-state index in [-0.39, 0.29) is 5.69 Å². The molecule has 0 fully saturated rings. The van der Waals surface area contributed by atoms with Gasteiger partial charge in [-0.2, -0.15) is 0 Å². The van der Waals surface area contributed by atoms with E-state index >= 15 is 0 Å². The summed E-state index contributed by atoms with van der Waals surface area (Å²) in [6.45, 7) is 0. The van der Waals surface area contributed by atoms with Crippen molar-refractivity contribution in [3.63, 3.8) is 0 Å². The number of carboxylic acid groups (broad SMARTS) is 1. The number of halogens is 2. The predicted molar refractivity (Wildman–Crippen MR) is 57.9 cm³/mol.